The van der Waals surface area contributed by atoms with Crippen molar-refractivity contribution in [1.29, 1.82) is 0 Å². The molecule has 0 bridgehead atoms. The summed E-state index contributed by atoms with van der Waals surface area (Å²) in [5.74, 6) is 0.708. The summed E-state index contributed by atoms with van der Waals surface area (Å²) in [5.41, 5.74) is 3.14. The normalized spacial score (nSPS) is 32.1. The number of hydroxylamine groups is 1. The smallest absolute Gasteiger partial charge is 0.355 e. The molecule has 96 valence electrons. The maximum absolute atomic E-state index is 5.98. The largest absolute Gasteiger partial charge is 0.394 e. The van der Waals surface area contributed by atoms with E-state index < -0.39 is 8.56 Å². The first-order valence-corrected chi connectivity index (χ1v) is 9.95. The Labute approximate surface area is 109 Å². The minimum atomic E-state index is -1.93. The molecule has 1 aliphatic heterocycles. The standard InChI is InChI=1S/C11H24BrNO2Si/c1-3-5-11-6-8-14-16(2,9-4-7-12)15-13-10-11/h11,13H,3-10H2,1-2H3. The second-order valence-corrected chi connectivity index (χ2v) is 8.72. The van der Waals surface area contributed by atoms with Gasteiger partial charge in [0.25, 0.3) is 0 Å². The maximum atomic E-state index is 5.98. The number of nitrogens with one attached hydrogen (secondary N) is 1. The van der Waals surface area contributed by atoms with Gasteiger partial charge in [0.1, 0.15) is 0 Å². The van der Waals surface area contributed by atoms with E-state index >= 15 is 0 Å². The maximum Gasteiger partial charge on any atom is 0.355 e. The first-order valence-electron chi connectivity index (χ1n) is 6.31. The fourth-order valence-electron chi connectivity index (χ4n) is 2.05. The van der Waals surface area contributed by atoms with Gasteiger partial charge in [-0.15, -0.1) is 0 Å². The summed E-state index contributed by atoms with van der Waals surface area (Å²) in [6, 6.07) is 1.06. The summed E-state index contributed by atoms with van der Waals surface area (Å²) in [6.45, 7) is 6.24. The van der Waals surface area contributed by atoms with Crippen molar-refractivity contribution in [1.82, 2.24) is 5.48 Å². The van der Waals surface area contributed by atoms with Crippen LogP contribution in [-0.2, 0) is 8.95 Å². The van der Waals surface area contributed by atoms with Gasteiger partial charge in [-0.25, -0.2) is 5.48 Å². The molecule has 1 aliphatic rings. The van der Waals surface area contributed by atoms with E-state index in [1.165, 1.54) is 19.3 Å². The Balaban J connectivity index is 2.33. The van der Waals surface area contributed by atoms with Gasteiger partial charge in [-0.3, -0.25) is 0 Å². The Kier molecular flexibility index (Phi) is 7.15. The third-order valence-electron chi connectivity index (χ3n) is 3.06. The molecular formula is C11H24BrNO2Si. The molecule has 2 atom stereocenters. The molecule has 0 aromatic carbocycles. The fourth-order valence-corrected chi connectivity index (χ4v) is 4.91. The molecule has 5 heteroatoms. The van der Waals surface area contributed by atoms with Crippen molar-refractivity contribution in [2.24, 2.45) is 5.92 Å². The lowest BCUT2D eigenvalue weighted by Crippen LogP contribution is -2.47. The predicted octanol–water partition coefficient (Wildman–Crippen LogP) is 3.20. The van der Waals surface area contributed by atoms with E-state index in [9.17, 15) is 0 Å². The van der Waals surface area contributed by atoms with Crippen molar-refractivity contribution in [2.75, 3.05) is 18.5 Å². The summed E-state index contributed by atoms with van der Waals surface area (Å²) in [6.07, 6.45) is 4.80. The molecule has 1 saturated heterocycles. The Morgan fingerprint density at radius 3 is 3.00 bits per heavy atom. The van der Waals surface area contributed by atoms with E-state index in [-0.39, 0.29) is 0 Å². The van der Waals surface area contributed by atoms with Crippen LogP contribution in [0.4, 0.5) is 0 Å². The van der Waals surface area contributed by atoms with Crippen LogP contribution in [0.25, 0.3) is 0 Å². The average Bonchev–Trinajstić information content (AvgIpc) is 2.24. The van der Waals surface area contributed by atoms with Crippen LogP contribution in [0.5, 0.6) is 0 Å². The van der Waals surface area contributed by atoms with E-state index in [1.807, 2.05) is 0 Å². The van der Waals surface area contributed by atoms with Gasteiger partial charge in [-0.05, 0) is 37.8 Å². The summed E-state index contributed by atoms with van der Waals surface area (Å²) in [5, 5.41) is 1.03. The zero-order chi connectivity index (χ0) is 11.9. The topological polar surface area (TPSA) is 30.5 Å². The van der Waals surface area contributed by atoms with Crippen LogP contribution < -0.4 is 5.48 Å². The van der Waals surface area contributed by atoms with Crippen molar-refractivity contribution in [3.8, 4) is 0 Å². The van der Waals surface area contributed by atoms with Gasteiger partial charge in [0.15, 0.2) is 0 Å². The quantitative estimate of drug-likeness (QED) is 0.625. The molecule has 0 aliphatic carbocycles. The van der Waals surface area contributed by atoms with Gasteiger partial charge >= 0.3 is 8.56 Å². The van der Waals surface area contributed by atoms with Gasteiger partial charge in [0.2, 0.25) is 0 Å². The zero-order valence-electron chi connectivity index (χ0n) is 10.4. The third-order valence-corrected chi connectivity index (χ3v) is 6.27. The van der Waals surface area contributed by atoms with Gasteiger partial charge in [0, 0.05) is 18.5 Å². The number of rotatable bonds is 5. The molecule has 1 heterocycles. The lowest BCUT2D eigenvalue weighted by molar-refractivity contribution is 0.0680. The first kappa shape index (κ1) is 14.6. The average molecular weight is 310 g/mol. The summed E-state index contributed by atoms with van der Waals surface area (Å²) in [7, 11) is -1.93. The zero-order valence-corrected chi connectivity index (χ0v) is 13.0. The van der Waals surface area contributed by atoms with Crippen molar-refractivity contribution < 1.29 is 8.95 Å². The molecule has 0 amide bonds. The van der Waals surface area contributed by atoms with E-state index in [4.69, 9.17) is 8.95 Å². The van der Waals surface area contributed by atoms with Gasteiger partial charge in [-0.1, -0.05) is 29.3 Å². The second kappa shape index (κ2) is 7.82. The highest BCUT2D eigenvalue weighted by atomic mass is 79.9. The van der Waals surface area contributed by atoms with E-state index in [0.29, 0.717) is 5.92 Å². The van der Waals surface area contributed by atoms with Gasteiger partial charge in [0.05, 0.1) is 0 Å². The molecule has 2 unspecified atom stereocenters. The van der Waals surface area contributed by atoms with Gasteiger partial charge < -0.3 is 8.95 Å². The number of hydrogen-bond donors (Lipinski definition) is 1. The minimum absolute atomic E-state index is 0.708. The molecule has 0 spiro atoms. The Morgan fingerprint density at radius 1 is 1.50 bits per heavy atom. The lowest BCUT2D eigenvalue weighted by Gasteiger charge is -2.31. The molecule has 1 N–H and O–H groups in total. The second-order valence-electron chi connectivity index (χ2n) is 4.67. The Hall–Kier alpha value is 0.577. The van der Waals surface area contributed by atoms with Crippen LogP contribution in [0.2, 0.25) is 12.6 Å². The molecule has 0 saturated carbocycles. The van der Waals surface area contributed by atoms with Crippen molar-refractivity contribution in [3.05, 3.63) is 0 Å². The Bertz CT molecular complexity index is 185. The highest BCUT2D eigenvalue weighted by molar-refractivity contribution is 9.09. The highest BCUT2D eigenvalue weighted by Gasteiger charge is 2.33. The predicted molar refractivity (Wildman–Crippen MR) is 72.9 cm³/mol. The number of halogens is 1. The van der Waals surface area contributed by atoms with Crippen molar-refractivity contribution in [3.63, 3.8) is 0 Å². The Morgan fingerprint density at radius 2 is 2.31 bits per heavy atom. The van der Waals surface area contributed by atoms with Crippen LogP contribution in [0.1, 0.15) is 32.6 Å². The fraction of sp³-hybridized carbons (Fsp3) is 1.00. The van der Waals surface area contributed by atoms with Crippen LogP contribution >= 0.6 is 15.9 Å². The van der Waals surface area contributed by atoms with Crippen LogP contribution in [0.15, 0.2) is 0 Å². The monoisotopic (exact) mass is 309 g/mol. The molecule has 16 heavy (non-hydrogen) atoms. The first-order chi connectivity index (χ1) is 7.70. The molecular weight excluding hydrogens is 286 g/mol. The molecule has 1 fully saturated rings. The lowest BCUT2D eigenvalue weighted by atomic mass is 10.0. The molecule has 1 rings (SSSR count). The van der Waals surface area contributed by atoms with Crippen LogP contribution in [-0.4, -0.2) is 27.0 Å². The SMILES string of the molecule is CCCC1CCO[Si](C)(CCCBr)ONC1. The highest BCUT2D eigenvalue weighted by Crippen LogP contribution is 2.20. The van der Waals surface area contributed by atoms with Crippen LogP contribution in [0.3, 0.4) is 0 Å². The molecule has 0 aromatic rings. The molecule has 0 radical (unpaired) electrons. The molecule has 0 aromatic heterocycles. The number of hydrogen-bond acceptors (Lipinski definition) is 3. The van der Waals surface area contributed by atoms with Gasteiger partial charge in [-0.2, -0.15) is 0 Å². The number of alkyl halides is 1. The molecule has 3 nitrogen and oxygen atoms in total. The van der Waals surface area contributed by atoms with Crippen molar-refractivity contribution in [2.45, 2.75) is 45.2 Å². The van der Waals surface area contributed by atoms with Crippen LogP contribution in [0, 0.1) is 5.92 Å². The minimum Gasteiger partial charge on any atom is -0.394 e. The summed E-state index contributed by atoms with van der Waals surface area (Å²) >= 11 is 3.46. The van der Waals surface area contributed by atoms with Crippen molar-refractivity contribution >= 4 is 24.5 Å². The summed E-state index contributed by atoms with van der Waals surface area (Å²) in [4.78, 5) is 0. The summed E-state index contributed by atoms with van der Waals surface area (Å²) < 4.78 is 11.8. The van der Waals surface area contributed by atoms with E-state index in [2.05, 4.69) is 34.9 Å². The third kappa shape index (κ3) is 5.27. The van der Waals surface area contributed by atoms with E-state index in [1.54, 1.807) is 0 Å². The van der Waals surface area contributed by atoms with E-state index in [0.717, 1.165) is 30.9 Å².